The predicted molar refractivity (Wildman–Crippen MR) is 97.3 cm³/mol. The maximum Gasteiger partial charge on any atom is 0.434 e. The molecule has 0 spiro atoms. The van der Waals surface area contributed by atoms with Gasteiger partial charge in [0.15, 0.2) is 5.69 Å². The number of alkyl halides is 3. The number of carbonyl (C=O) groups excluding carboxylic acids is 1. The van der Waals surface area contributed by atoms with Crippen molar-refractivity contribution in [3.05, 3.63) is 71.5 Å². The van der Waals surface area contributed by atoms with Gasteiger partial charge in [-0.15, -0.1) is 0 Å². The normalized spacial score (nSPS) is 11.7. The van der Waals surface area contributed by atoms with Crippen LogP contribution in [0.25, 0.3) is 16.7 Å². The van der Waals surface area contributed by atoms with E-state index in [9.17, 15) is 18.0 Å². The van der Waals surface area contributed by atoms with Crippen LogP contribution in [-0.4, -0.2) is 25.7 Å². The number of aryl methyl sites for hydroxylation is 1. The second kappa shape index (κ2) is 6.52. The smallest absolute Gasteiger partial charge is 0.324 e. The molecular formula is C19H14F3N5O. The number of fused-ring (bicyclic) bond motifs is 1. The number of carbonyl (C=O) groups is 1. The summed E-state index contributed by atoms with van der Waals surface area (Å²) in [4.78, 5) is 19.5. The Kier molecular flexibility index (Phi) is 4.14. The van der Waals surface area contributed by atoms with Gasteiger partial charge in [-0.25, -0.2) is 9.67 Å². The number of nitrogens with one attached hydrogen (secondary N) is 2. The molecule has 0 aliphatic heterocycles. The topological polar surface area (TPSA) is 75.6 Å². The van der Waals surface area contributed by atoms with Crippen molar-refractivity contribution in [1.82, 2.24) is 19.7 Å². The predicted octanol–water partition coefficient (Wildman–Crippen LogP) is 4.33. The molecule has 0 atom stereocenters. The van der Waals surface area contributed by atoms with Crippen LogP contribution < -0.4 is 5.32 Å². The molecular weight excluding hydrogens is 371 g/mol. The van der Waals surface area contributed by atoms with E-state index >= 15 is 0 Å². The molecule has 4 rings (SSSR count). The summed E-state index contributed by atoms with van der Waals surface area (Å²) in [5, 5.41) is 6.17. The first-order valence-electron chi connectivity index (χ1n) is 8.31. The fourth-order valence-corrected chi connectivity index (χ4v) is 2.86. The van der Waals surface area contributed by atoms with E-state index < -0.39 is 23.3 Å². The van der Waals surface area contributed by atoms with E-state index in [2.05, 4.69) is 20.4 Å². The second-order valence-corrected chi connectivity index (χ2v) is 6.21. The number of halogens is 3. The van der Waals surface area contributed by atoms with Crippen LogP contribution in [0.1, 0.15) is 21.6 Å². The van der Waals surface area contributed by atoms with Gasteiger partial charge in [-0.1, -0.05) is 29.8 Å². The summed E-state index contributed by atoms with van der Waals surface area (Å²) < 4.78 is 41.8. The molecule has 0 unspecified atom stereocenters. The highest BCUT2D eigenvalue weighted by Crippen LogP contribution is 2.34. The number of amides is 1. The van der Waals surface area contributed by atoms with Crippen LogP contribution in [0.15, 0.2) is 54.7 Å². The van der Waals surface area contributed by atoms with Gasteiger partial charge < -0.3 is 4.98 Å². The number of hydrogen-bond donors (Lipinski definition) is 2. The molecule has 0 bridgehead atoms. The summed E-state index contributed by atoms with van der Waals surface area (Å²) in [6.07, 6.45) is -3.87. The first kappa shape index (κ1) is 17.8. The molecule has 2 heterocycles. The lowest BCUT2D eigenvalue weighted by Crippen LogP contribution is -2.21. The van der Waals surface area contributed by atoms with Gasteiger partial charge in [0.1, 0.15) is 0 Å². The lowest BCUT2D eigenvalue weighted by molar-refractivity contribution is -0.143. The standard InChI is InChI=1S/C19H14F3N5O/c1-11-6-8-12(9-7-11)27-16(19(20,21)22)13(10-23-27)17(28)26-18-24-14-4-2-3-5-15(14)25-18/h2-10H,1H3,(H2,24,25,26,28). The Bertz CT molecular complexity index is 1130. The highest BCUT2D eigenvalue weighted by atomic mass is 19.4. The Balaban J connectivity index is 1.72. The van der Waals surface area contributed by atoms with Crippen molar-refractivity contribution >= 4 is 22.9 Å². The van der Waals surface area contributed by atoms with E-state index in [0.29, 0.717) is 15.7 Å². The third-order valence-corrected chi connectivity index (χ3v) is 4.18. The zero-order valence-corrected chi connectivity index (χ0v) is 14.6. The van der Waals surface area contributed by atoms with Gasteiger partial charge in [0.2, 0.25) is 5.95 Å². The van der Waals surface area contributed by atoms with Crippen LogP contribution in [0.5, 0.6) is 0 Å². The molecule has 9 heteroatoms. The maximum atomic E-state index is 13.7. The monoisotopic (exact) mass is 385 g/mol. The fraction of sp³-hybridized carbons (Fsp3) is 0.105. The van der Waals surface area contributed by atoms with Crippen LogP contribution in [0.3, 0.4) is 0 Å². The molecule has 2 aromatic heterocycles. The van der Waals surface area contributed by atoms with Gasteiger partial charge in [0, 0.05) is 0 Å². The number of nitrogens with zero attached hydrogens (tertiary/aromatic N) is 3. The van der Waals surface area contributed by atoms with E-state index in [4.69, 9.17) is 0 Å². The summed E-state index contributed by atoms with van der Waals surface area (Å²) in [6.45, 7) is 1.82. The van der Waals surface area contributed by atoms with Gasteiger partial charge in [-0.05, 0) is 31.2 Å². The average Bonchev–Trinajstić information content (AvgIpc) is 3.25. The Morgan fingerprint density at radius 3 is 2.50 bits per heavy atom. The minimum Gasteiger partial charge on any atom is -0.324 e. The SMILES string of the molecule is Cc1ccc(-n2ncc(C(=O)Nc3nc4ccccc4[nH]3)c2C(F)(F)F)cc1. The number of aromatic amines is 1. The summed E-state index contributed by atoms with van der Waals surface area (Å²) in [5.41, 5.74) is 0.611. The Morgan fingerprint density at radius 1 is 1.11 bits per heavy atom. The Labute approximate surface area is 157 Å². The molecule has 6 nitrogen and oxygen atoms in total. The quantitative estimate of drug-likeness (QED) is 0.551. The number of imidazole rings is 1. The third kappa shape index (κ3) is 3.22. The number of rotatable bonds is 3. The van der Waals surface area contributed by atoms with Crippen molar-refractivity contribution < 1.29 is 18.0 Å². The maximum absolute atomic E-state index is 13.7. The number of hydrogen-bond acceptors (Lipinski definition) is 3. The average molecular weight is 385 g/mol. The highest BCUT2D eigenvalue weighted by molar-refractivity contribution is 6.04. The van der Waals surface area contributed by atoms with Gasteiger partial charge in [-0.3, -0.25) is 10.1 Å². The van der Waals surface area contributed by atoms with Gasteiger partial charge in [-0.2, -0.15) is 18.3 Å². The van der Waals surface area contributed by atoms with Gasteiger partial charge >= 0.3 is 6.18 Å². The van der Waals surface area contributed by atoms with Crippen molar-refractivity contribution in [2.24, 2.45) is 0 Å². The third-order valence-electron chi connectivity index (χ3n) is 4.18. The summed E-state index contributed by atoms with van der Waals surface area (Å²) in [5.74, 6) is -0.896. The molecule has 142 valence electrons. The van der Waals surface area contributed by atoms with Crippen LogP contribution in [0.2, 0.25) is 0 Å². The van der Waals surface area contributed by atoms with E-state index in [0.717, 1.165) is 11.8 Å². The molecule has 0 radical (unpaired) electrons. The number of para-hydroxylation sites is 2. The number of aromatic nitrogens is 4. The number of H-pyrrole nitrogens is 1. The molecule has 0 saturated carbocycles. The van der Waals surface area contributed by atoms with E-state index in [-0.39, 0.29) is 11.6 Å². The Morgan fingerprint density at radius 2 is 1.82 bits per heavy atom. The van der Waals surface area contributed by atoms with Gasteiger partial charge in [0.05, 0.1) is 28.5 Å². The number of anilines is 1. The molecule has 0 aliphatic rings. The van der Waals surface area contributed by atoms with E-state index in [1.54, 1.807) is 36.4 Å². The summed E-state index contributed by atoms with van der Waals surface area (Å²) in [6, 6.07) is 13.4. The minimum absolute atomic E-state index is 0.0578. The zero-order valence-electron chi connectivity index (χ0n) is 14.6. The van der Waals surface area contributed by atoms with Crippen molar-refractivity contribution in [2.75, 3.05) is 5.32 Å². The lowest BCUT2D eigenvalue weighted by atomic mass is 10.2. The summed E-state index contributed by atoms with van der Waals surface area (Å²) in [7, 11) is 0. The molecule has 4 aromatic rings. The van der Waals surface area contributed by atoms with Gasteiger partial charge in [0.25, 0.3) is 5.91 Å². The van der Waals surface area contributed by atoms with Crippen molar-refractivity contribution in [3.8, 4) is 5.69 Å². The highest BCUT2D eigenvalue weighted by Gasteiger charge is 2.40. The van der Waals surface area contributed by atoms with Crippen LogP contribution in [-0.2, 0) is 6.18 Å². The minimum atomic E-state index is -4.78. The Hall–Kier alpha value is -3.62. The molecule has 0 fully saturated rings. The number of benzene rings is 2. The van der Waals surface area contributed by atoms with Crippen molar-refractivity contribution in [1.29, 1.82) is 0 Å². The fourth-order valence-electron chi connectivity index (χ4n) is 2.86. The molecule has 0 saturated heterocycles. The lowest BCUT2D eigenvalue weighted by Gasteiger charge is -2.12. The zero-order chi connectivity index (χ0) is 19.9. The first-order chi connectivity index (χ1) is 13.3. The first-order valence-corrected chi connectivity index (χ1v) is 8.31. The second-order valence-electron chi connectivity index (χ2n) is 6.21. The molecule has 0 aliphatic carbocycles. The summed E-state index contributed by atoms with van der Waals surface area (Å²) >= 11 is 0. The van der Waals surface area contributed by atoms with Crippen LogP contribution >= 0.6 is 0 Å². The van der Waals surface area contributed by atoms with Crippen molar-refractivity contribution in [3.63, 3.8) is 0 Å². The van der Waals surface area contributed by atoms with Crippen LogP contribution in [0.4, 0.5) is 19.1 Å². The molecule has 2 N–H and O–H groups in total. The molecule has 2 aromatic carbocycles. The van der Waals surface area contributed by atoms with E-state index in [1.807, 2.05) is 6.92 Å². The molecule has 28 heavy (non-hydrogen) atoms. The van der Waals surface area contributed by atoms with Crippen molar-refractivity contribution in [2.45, 2.75) is 13.1 Å². The van der Waals surface area contributed by atoms with Crippen LogP contribution in [0, 0.1) is 6.92 Å². The largest absolute Gasteiger partial charge is 0.434 e. The molecule has 1 amide bonds. The van der Waals surface area contributed by atoms with E-state index in [1.165, 1.54) is 12.1 Å².